The molecule has 0 saturated carbocycles. The van der Waals surface area contributed by atoms with Crippen LogP contribution >= 0.6 is 23.4 Å². The zero-order valence-electron chi connectivity index (χ0n) is 13.8. The molecule has 0 fully saturated rings. The zero-order chi connectivity index (χ0) is 18.2. The zero-order valence-corrected chi connectivity index (χ0v) is 15.4. The van der Waals surface area contributed by atoms with E-state index in [0.717, 1.165) is 5.69 Å². The number of nitrogens with zero attached hydrogens (tertiary/aromatic N) is 4. The van der Waals surface area contributed by atoms with Gasteiger partial charge in [0.25, 0.3) is 5.91 Å². The first-order valence-corrected chi connectivity index (χ1v) is 8.80. The Morgan fingerprint density at radius 3 is 3.08 bits per heavy atom. The van der Waals surface area contributed by atoms with Crippen LogP contribution in [0.4, 0.5) is 5.69 Å². The van der Waals surface area contributed by atoms with Gasteiger partial charge in [-0.25, -0.2) is 4.68 Å². The molecule has 0 aliphatic rings. The minimum atomic E-state index is -0.404. The molecule has 1 atom stereocenters. The highest BCUT2D eigenvalue weighted by Gasteiger charge is 2.22. The first-order valence-electron chi connectivity index (χ1n) is 7.37. The summed E-state index contributed by atoms with van der Waals surface area (Å²) in [6.07, 6.45) is 6.68. The number of hydrogen-bond donors (Lipinski definition) is 1. The van der Waals surface area contributed by atoms with Crippen LogP contribution < -0.4 is 5.32 Å². The molecule has 1 N–H and O–H groups in total. The topological polar surface area (TPSA) is 81.4 Å². The van der Waals surface area contributed by atoms with Gasteiger partial charge in [-0.2, -0.15) is 5.10 Å². The molecule has 0 spiro atoms. The van der Waals surface area contributed by atoms with Gasteiger partial charge in [-0.15, -0.1) is 18.3 Å². The normalized spacial score (nSPS) is 12.5. The molecule has 1 unspecified atom stereocenters. The van der Waals surface area contributed by atoms with Crippen molar-refractivity contribution in [3.05, 3.63) is 48.5 Å². The molecule has 25 heavy (non-hydrogen) atoms. The maximum absolute atomic E-state index is 12.5. The number of aromatic nitrogens is 3. The minimum Gasteiger partial charge on any atom is -0.399 e. The molecule has 2 aromatic heterocycles. The third-order valence-corrected chi connectivity index (χ3v) is 4.53. The van der Waals surface area contributed by atoms with E-state index < -0.39 is 5.91 Å². The Morgan fingerprint density at radius 1 is 1.64 bits per heavy atom. The number of halogens is 1. The van der Waals surface area contributed by atoms with Gasteiger partial charge in [0.05, 0.1) is 29.0 Å². The van der Waals surface area contributed by atoms with Gasteiger partial charge in [-0.05, 0) is 19.1 Å². The molecule has 7 nitrogen and oxygen atoms in total. The fourth-order valence-electron chi connectivity index (χ4n) is 1.93. The summed E-state index contributed by atoms with van der Waals surface area (Å²) >= 11 is 7.65. The number of rotatable bonds is 8. The number of pyridine rings is 1. The second-order valence-electron chi connectivity index (χ2n) is 4.87. The largest absolute Gasteiger partial charge is 0.399 e. The average molecular weight is 380 g/mol. The summed E-state index contributed by atoms with van der Waals surface area (Å²) in [7, 11) is 1.39. The minimum absolute atomic E-state index is 0.167. The van der Waals surface area contributed by atoms with Crippen LogP contribution in [0.15, 0.2) is 48.5 Å². The number of hydrogen-bond acceptors (Lipinski definition) is 6. The maximum Gasteiger partial charge on any atom is 0.274 e. The van der Waals surface area contributed by atoms with Crippen LogP contribution in [-0.2, 0) is 9.63 Å². The summed E-state index contributed by atoms with van der Waals surface area (Å²) < 4.78 is 1.54. The molecule has 0 radical (unpaired) electrons. The van der Waals surface area contributed by atoms with Crippen molar-refractivity contribution in [3.63, 3.8) is 0 Å². The van der Waals surface area contributed by atoms with Gasteiger partial charge in [-0.3, -0.25) is 9.78 Å². The average Bonchev–Trinajstić information content (AvgIpc) is 2.98. The Hall–Kier alpha value is -2.32. The molecule has 0 aliphatic carbocycles. The lowest BCUT2D eigenvalue weighted by Crippen LogP contribution is -2.30. The summed E-state index contributed by atoms with van der Waals surface area (Å²) in [6.45, 7) is 5.53. The summed E-state index contributed by atoms with van der Waals surface area (Å²) in [5.74, 6) is 0.287. The SMILES string of the molecule is C=CCSC(C)C(=NOC)C(=O)Nc1cn(-c2cccnc2)nc1Cl. The number of thioether (sulfide) groups is 1. The Morgan fingerprint density at radius 2 is 2.44 bits per heavy atom. The molecular formula is C16H18ClN5O2S. The van der Waals surface area contributed by atoms with E-state index in [1.165, 1.54) is 23.6 Å². The Kier molecular flexibility index (Phi) is 7.03. The van der Waals surface area contributed by atoms with Crippen LogP contribution in [0.2, 0.25) is 5.15 Å². The van der Waals surface area contributed by atoms with Gasteiger partial charge in [0, 0.05) is 11.9 Å². The number of carbonyl (C=O) groups is 1. The smallest absolute Gasteiger partial charge is 0.274 e. The molecule has 132 valence electrons. The lowest BCUT2D eigenvalue weighted by Gasteiger charge is -2.12. The van der Waals surface area contributed by atoms with Crippen molar-refractivity contribution < 1.29 is 9.63 Å². The van der Waals surface area contributed by atoms with E-state index in [9.17, 15) is 4.79 Å². The lowest BCUT2D eigenvalue weighted by molar-refractivity contribution is -0.110. The lowest BCUT2D eigenvalue weighted by atomic mass is 10.2. The highest BCUT2D eigenvalue weighted by Crippen LogP contribution is 2.22. The molecule has 0 saturated heterocycles. The summed E-state index contributed by atoms with van der Waals surface area (Å²) in [6, 6.07) is 3.61. The number of carbonyl (C=O) groups excluding carboxylic acids is 1. The summed E-state index contributed by atoms with van der Waals surface area (Å²) in [4.78, 5) is 21.4. The van der Waals surface area contributed by atoms with Crippen molar-refractivity contribution in [3.8, 4) is 5.69 Å². The maximum atomic E-state index is 12.5. The first kappa shape index (κ1) is 19.0. The molecule has 0 aliphatic heterocycles. The summed E-state index contributed by atoms with van der Waals surface area (Å²) in [5.41, 5.74) is 1.35. The van der Waals surface area contributed by atoms with E-state index >= 15 is 0 Å². The van der Waals surface area contributed by atoms with Crippen LogP contribution in [0.3, 0.4) is 0 Å². The van der Waals surface area contributed by atoms with Gasteiger partial charge in [0.15, 0.2) is 10.9 Å². The molecular weight excluding hydrogens is 362 g/mol. The Bertz CT molecular complexity index is 763. The third kappa shape index (κ3) is 5.07. The second-order valence-corrected chi connectivity index (χ2v) is 6.60. The van der Waals surface area contributed by atoms with Crippen molar-refractivity contribution >= 4 is 40.7 Å². The predicted molar refractivity (Wildman–Crippen MR) is 102 cm³/mol. The molecule has 0 aromatic carbocycles. The fraction of sp³-hybridized carbons (Fsp3) is 0.250. The molecule has 2 heterocycles. The van der Waals surface area contributed by atoms with Crippen molar-refractivity contribution in [2.45, 2.75) is 12.2 Å². The van der Waals surface area contributed by atoms with Crippen molar-refractivity contribution in [1.29, 1.82) is 0 Å². The number of nitrogens with one attached hydrogen (secondary N) is 1. The van der Waals surface area contributed by atoms with Crippen LogP contribution in [0.25, 0.3) is 5.69 Å². The van der Waals surface area contributed by atoms with Crippen LogP contribution in [-0.4, -0.2) is 44.5 Å². The molecule has 0 bridgehead atoms. The van der Waals surface area contributed by atoms with Crippen molar-refractivity contribution in [2.24, 2.45) is 5.16 Å². The van der Waals surface area contributed by atoms with Gasteiger partial charge in [0.1, 0.15) is 7.11 Å². The Balaban J connectivity index is 2.17. The monoisotopic (exact) mass is 379 g/mol. The third-order valence-electron chi connectivity index (χ3n) is 3.10. The van der Waals surface area contributed by atoms with Gasteiger partial charge >= 0.3 is 0 Å². The number of oxime groups is 1. The van der Waals surface area contributed by atoms with Gasteiger partial charge in [0.2, 0.25) is 0 Å². The number of anilines is 1. The fourth-order valence-corrected chi connectivity index (χ4v) is 2.84. The quantitative estimate of drug-likeness (QED) is 0.433. The van der Waals surface area contributed by atoms with Crippen LogP contribution in [0, 0.1) is 0 Å². The predicted octanol–water partition coefficient (Wildman–Crippen LogP) is 3.17. The number of amides is 1. The second kappa shape index (κ2) is 9.24. The molecule has 9 heteroatoms. The van der Waals surface area contributed by atoms with E-state index in [1.54, 1.807) is 30.7 Å². The van der Waals surface area contributed by atoms with E-state index in [1.807, 2.05) is 13.0 Å². The van der Waals surface area contributed by atoms with E-state index in [-0.39, 0.29) is 16.1 Å². The highest BCUT2D eigenvalue weighted by molar-refractivity contribution is 8.00. The van der Waals surface area contributed by atoms with E-state index in [2.05, 4.69) is 27.1 Å². The van der Waals surface area contributed by atoms with Crippen molar-refractivity contribution in [1.82, 2.24) is 14.8 Å². The highest BCUT2D eigenvalue weighted by atomic mass is 35.5. The standard InChI is InChI=1S/C16H18ClN5O2S/c1-4-8-25-11(2)14(21-24-3)16(23)19-13-10-22(20-15(13)17)12-6-5-7-18-9-12/h4-7,9-11H,1,8H2,2-3H3,(H,19,23). The van der Waals surface area contributed by atoms with Crippen LogP contribution in [0.5, 0.6) is 0 Å². The van der Waals surface area contributed by atoms with Crippen molar-refractivity contribution in [2.75, 3.05) is 18.2 Å². The molecule has 2 aromatic rings. The molecule has 2 rings (SSSR count). The van der Waals surface area contributed by atoms with Crippen LogP contribution in [0.1, 0.15) is 6.92 Å². The van der Waals surface area contributed by atoms with Gasteiger partial charge in [-0.1, -0.05) is 22.8 Å². The molecule has 1 amide bonds. The summed E-state index contributed by atoms with van der Waals surface area (Å²) in [5, 5.41) is 10.7. The van der Waals surface area contributed by atoms with E-state index in [0.29, 0.717) is 11.4 Å². The first-order chi connectivity index (χ1) is 12.1. The Labute approximate surface area is 155 Å². The van der Waals surface area contributed by atoms with E-state index in [4.69, 9.17) is 16.4 Å². The van der Waals surface area contributed by atoms with Gasteiger partial charge < -0.3 is 10.2 Å².